The predicted molar refractivity (Wildman–Crippen MR) is 92.4 cm³/mol. The molecule has 24 heavy (non-hydrogen) atoms. The monoisotopic (exact) mass is 343 g/mol. The number of hydrogen-bond donors (Lipinski definition) is 2. The van der Waals surface area contributed by atoms with E-state index in [0.29, 0.717) is 17.0 Å². The predicted octanol–water partition coefficient (Wildman–Crippen LogP) is 4.23. The van der Waals surface area contributed by atoms with Gasteiger partial charge in [-0.1, -0.05) is 16.8 Å². The molecule has 0 radical (unpaired) electrons. The maximum Gasteiger partial charge on any atom is 0.257 e. The molecule has 5 nitrogen and oxygen atoms in total. The summed E-state index contributed by atoms with van der Waals surface area (Å²) in [6, 6.07) is 5.82. The first-order valence-corrected chi connectivity index (χ1v) is 8.46. The number of nitrogens with zero attached hydrogens (tertiary/aromatic N) is 1. The zero-order chi connectivity index (χ0) is 16.8. The lowest BCUT2D eigenvalue weighted by molar-refractivity contribution is 0.0930. The van der Waals surface area contributed by atoms with Crippen molar-refractivity contribution in [3.05, 3.63) is 51.5 Å². The SMILES string of the molecule is Cc1noc(C)c1C(=O)N[C@@H]1CCCc2c1[nH]c1ccc(Cl)cc21. The zero-order valence-corrected chi connectivity index (χ0v) is 14.3. The van der Waals surface area contributed by atoms with Crippen LogP contribution in [0.2, 0.25) is 5.02 Å². The Balaban J connectivity index is 1.69. The molecule has 1 aliphatic rings. The summed E-state index contributed by atoms with van der Waals surface area (Å²) in [5.74, 6) is 0.408. The number of halogens is 1. The highest BCUT2D eigenvalue weighted by Gasteiger charge is 2.27. The van der Waals surface area contributed by atoms with E-state index in [4.69, 9.17) is 16.1 Å². The van der Waals surface area contributed by atoms with Crippen molar-refractivity contribution >= 4 is 28.4 Å². The molecule has 6 heteroatoms. The average molecular weight is 344 g/mol. The van der Waals surface area contributed by atoms with E-state index in [-0.39, 0.29) is 11.9 Å². The van der Waals surface area contributed by atoms with Gasteiger partial charge in [0.15, 0.2) is 0 Å². The molecule has 1 aliphatic carbocycles. The number of amides is 1. The number of nitrogens with one attached hydrogen (secondary N) is 2. The second-order valence-corrected chi connectivity index (χ2v) is 6.76. The molecule has 0 fully saturated rings. The standard InChI is InChI=1S/C18H18ClN3O2/c1-9-16(10(2)24-22-9)18(23)21-15-5-3-4-12-13-8-11(19)6-7-14(13)20-17(12)15/h6-8,15,20H,3-5H2,1-2H3,(H,21,23)/t15-/m1/s1. The largest absolute Gasteiger partial charge is 0.361 e. The van der Waals surface area contributed by atoms with Crippen LogP contribution in [0.15, 0.2) is 22.7 Å². The number of rotatable bonds is 2. The Bertz CT molecular complexity index is 922. The van der Waals surface area contributed by atoms with Gasteiger partial charge in [-0.15, -0.1) is 0 Å². The van der Waals surface area contributed by atoms with Gasteiger partial charge in [0.2, 0.25) is 0 Å². The number of carbonyl (C=O) groups excluding carboxylic acids is 1. The van der Waals surface area contributed by atoms with Crippen LogP contribution in [0.3, 0.4) is 0 Å². The summed E-state index contributed by atoms with van der Waals surface area (Å²) in [6.45, 7) is 3.54. The molecule has 0 saturated heterocycles. The number of aromatic nitrogens is 2. The van der Waals surface area contributed by atoms with Gasteiger partial charge in [-0.25, -0.2) is 0 Å². The van der Waals surface area contributed by atoms with Gasteiger partial charge in [-0.2, -0.15) is 0 Å². The number of carbonyl (C=O) groups is 1. The van der Waals surface area contributed by atoms with Crippen molar-refractivity contribution in [1.29, 1.82) is 0 Å². The van der Waals surface area contributed by atoms with Crippen molar-refractivity contribution in [2.45, 2.75) is 39.2 Å². The summed E-state index contributed by atoms with van der Waals surface area (Å²) in [7, 11) is 0. The average Bonchev–Trinajstić information content (AvgIpc) is 3.08. The minimum absolute atomic E-state index is 0.0406. The molecule has 2 heterocycles. The third-order valence-corrected chi connectivity index (χ3v) is 4.97. The number of aryl methyl sites for hydroxylation is 3. The third kappa shape index (κ3) is 2.40. The highest BCUT2D eigenvalue weighted by atomic mass is 35.5. The molecule has 1 atom stereocenters. The lowest BCUT2D eigenvalue weighted by Gasteiger charge is -2.23. The van der Waals surface area contributed by atoms with Crippen molar-refractivity contribution in [2.24, 2.45) is 0 Å². The van der Waals surface area contributed by atoms with Gasteiger partial charge in [-0.05, 0) is 56.9 Å². The van der Waals surface area contributed by atoms with Gasteiger partial charge in [0.05, 0.1) is 11.7 Å². The van der Waals surface area contributed by atoms with Crippen LogP contribution in [0.4, 0.5) is 0 Å². The number of benzene rings is 1. The van der Waals surface area contributed by atoms with Gasteiger partial charge in [-0.3, -0.25) is 4.79 Å². The van der Waals surface area contributed by atoms with Crippen LogP contribution in [0, 0.1) is 13.8 Å². The molecule has 4 rings (SSSR count). The molecule has 0 bridgehead atoms. The maximum absolute atomic E-state index is 12.6. The summed E-state index contributed by atoms with van der Waals surface area (Å²) >= 11 is 6.14. The van der Waals surface area contributed by atoms with Crippen LogP contribution in [0.25, 0.3) is 10.9 Å². The van der Waals surface area contributed by atoms with Crippen molar-refractivity contribution < 1.29 is 9.32 Å². The first-order valence-electron chi connectivity index (χ1n) is 8.08. The van der Waals surface area contributed by atoms with Gasteiger partial charge >= 0.3 is 0 Å². The van der Waals surface area contributed by atoms with Crippen LogP contribution in [-0.4, -0.2) is 16.0 Å². The topological polar surface area (TPSA) is 70.9 Å². The fraction of sp³-hybridized carbons (Fsp3) is 0.333. The van der Waals surface area contributed by atoms with Crippen LogP contribution in [-0.2, 0) is 6.42 Å². The smallest absolute Gasteiger partial charge is 0.257 e. The molecule has 3 aromatic rings. The minimum Gasteiger partial charge on any atom is -0.361 e. The molecule has 2 N–H and O–H groups in total. The number of H-pyrrole nitrogens is 1. The Hall–Kier alpha value is -2.27. The Labute approximate surface area is 144 Å². The molecule has 124 valence electrons. The van der Waals surface area contributed by atoms with E-state index in [1.165, 1.54) is 5.56 Å². The van der Waals surface area contributed by atoms with Crippen molar-refractivity contribution in [3.63, 3.8) is 0 Å². The van der Waals surface area contributed by atoms with Gasteiger partial charge < -0.3 is 14.8 Å². The number of aromatic amines is 1. The Morgan fingerprint density at radius 2 is 2.25 bits per heavy atom. The Kier molecular flexibility index (Phi) is 3.61. The quantitative estimate of drug-likeness (QED) is 0.731. The van der Waals surface area contributed by atoms with E-state index in [1.807, 2.05) is 18.2 Å². The van der Waals surface area contributed by atoms with Crippen LogP contribution < -0.4 is 5.32 Å². The van der Waals surface area contributed by atoms with E-state index in [2.05, 4.69) is 15.5 Å². The molecule has 1 aromatic carbocycles. The third-order valence-electron chi connectivity index (χ3n) is 4.73. The van der Waals surface area contributed by atoms with E-state index in [1.54, 1.807) is 13.8 Å². The van der Waals surface area contributed by atoms with Gasteiger partial charge in [0.25, 0.3) is 5.91 Å². The minimum atomic E-state index is -0.138. The molecule has 0 saturated carbocycles. The first-order chi connectivity index (χ1) is 11.5. The molecule has 2 aromatic heterocycles. The molecule has 1 amide bonds. The number of fused-ring (bicyclic) bond motifs is 3. The van der Waals surface area contributed by atoms with Crippen LogP contribution >= 0.6 is 11.6 Å². The van der Waals surface area contributed by atoms with Gasteiger partial charge in [0, 0.05) is 21.6 Å². The molecule has 0 aliphatic heterocycles. The van der Waals surface area contributed by atoms with E-state index in [0.717, 1.165) is 40.9 Å². The van der Waals surface area contributed by atoms with Crippen LogP contribution in [0.5, 0.6) is 0 Å². The Morgan fingerprint density at radius 3 is 3.00 bits per heavy atom. The molecular formula is C18H18ClN3O2. The highest BCUT2D eigenvalue weighted by Crippen LogP contribution is 2.36. The summed E-state index contributed by atoms with van der Waals surface area (Å²) in [4.78, 5) is 16.1. The van der Waals surface area contributed by atoms with E-state index >= 15 is 0 Å². The van der Waals surface area contributed by atoms with E-state index in [9.17, 15) is 4.79 Å². The lowest BCUT2D eigenvalue weighted by Crippen LogP contribution is -2.31. The van der Waals surface area contributed by atoms with Crippen LogP contribution in [0.1, 0.15) is 52.0 Å². The molecule has 0 unspecified atom stereocenters. The highest BCUT2D eigenvalue weighted by molar-refractivity contribution is 6.31. The normalized spacial score (nSPS) is 17.0. The second kappa shape index (κ2) is 5.67. The van der Waals surface area contributed by atoms with Crippen molar-refractivity contribution in [2.75, 3.05) is 0 Å². The summed E-state index contributed by atoms with van der Waals surface area (Å²) in [6.07, 6.45) is 2.93. The zero-order valence-electron chi connectivity index (χ0n) is 13.6. The summed E-state index contributed by atoms with van der Waals surface area (Å²) < 4.78 is 5.10. The van der Waals surface area contributed by atoms with Crippen molar-refractivity contribution in [3.8, 4) is 0 Å². The lowest BCUT2D eigenvalue weighted by atomic mass is 9.91. The van der Waals surface area contributed by atoms with Gasteiger partial charge in [0.1, 0.15) is 11.3 Å². The molecular weight excluding hydrogens is 326 g/mol. The summed E-state index contributed by atoms with van der Waals surface area (Å²) in [5.41, 5.74) is 4.54. The second-order valence-electron chi connectivity index (χ2n) is 6.32. The van der Waals surface area contributed by atoms with Crippen molar-refractivity contribution in [1.82, 2.24) is 15.5 Å². The fourth-order valence-corrected chi connectivity index (χ4v) is 3.79. The Morgan fingerprint density at radius 1 is 1.42 bits per heavy atom. The fourth-order valence-electron chi connectivity index (χ4n) is 3.62. The van der Waals surface area contributed by atoms with E-state index < -0.39 is 0 Å². The number of hydrogen-bond acceptors (Lipinski definition) is 3. The first kappa shape index (κ1) is 15.3. The molecule has 0 spiro atoms. The maximum atomic E-state index is 12.6. The summed E-state index contributed by atoms with van der Waals surface area (Å²) in [5, 5.41) is 8.87.